The fraction of sp³-hybridized carbons (Fsp3) is 0.300. The smallest absolute Gasteiger partial charge is 0.240 e. The number of sulfonamides is 1. The van der Waals surface area contributed by atoms with Crippen LogP contribution in [0.15, 0.2) is 23.1 Å². The van der Waals surface area contributed by atoms with E-state index in [0.717, 1.165) is 0 Å². The van der Waals surface area contributed by atoms with E-state index in [9.17, 15) is 8.42 Å². The van der Waals surface area contributed by atoms with Crippen molar-refractivity contribution in [1.82, 2.24) is 4.72 Å². The molecule has 0 aliphatic rings. The molecule has 0 saturated carbocycles. The average Bonchev–Trinajstić information content (AvgIpc) is 2.27. The van der Waals surface area contributed by atoms with E-state index in [4.69, 9.17) is 11.0 Å². The predicted octanol–water partition coefficient (Wildman–Crippen LogP) is 0.104. The van der Waals surface area contributed by atoms with Crippen LogP contribution in [0.5, 0.6) is 0 Å². The highest BCUT2D eigenvalue weighted by molar-refractivity contribution is 7.89. The van der Waals surface area contributed by atoms with Gasteiger partial charge in [0.05, 0.1) is 16.5 Å². The summed E-state index contributed by atoms with van der Waals surface area (Å²) >= 11 is 0. The number of nitrogens with one attached hydrogen (secondary N) is 1. The Balaban J connectivity index is 3.17. The third-order valence-corrected chi connectivity index (χ3v) is 3.65. The summed E-state index contributed by atoms with van der Waals surface area (Å²) in [5.41, 5.74) is 6.15. The van der Waals surface area contributed by atoms with E-state index in [1.807, 2.05) is 6.07 Å². The first-order chi connectivity index (χ1) is 7.51. The number of hydrogen-bond donors (Lipinski definition) is 2. The number of nitrogens with two attached hydrogens (primary N) is 1. The number of nitrogens with zero attached hydrogens (tertiary/aromatic N) is 1. The molecule has 0 radical (unpaired) electrons. The van der Waals surface area contributed by atoms with Gasteiger partial charge in [-0.1, -0.05) is 6.07 Å². The van der Waals surface area contributed by atoms with Gasteiger partial charge >= 0.3 is 0 Å². The number of hydrogen-bond acceptors (Lipinski definition) is 4. The number of rotatable bonds is 4. The molecular formula is C10H13N3O2S. The normalized spacial score (nSPS) is 11.1. The zero-order chi connectivity index (χ0) is 12.2. The van der Waals surface area contributed by atoms with Crippen molar-refractivity contribution in [2.45, 2.75) is 11.8 Å². The number of nitriles is 1. The lowest BCUT2D eigenvalue weighted by Crippen LogP contribution is -2.29. The fourth-order valence-corrected chi connectivity index (χ4v) is 2.55. The topological polar surface area (TPSA) is 96.0 Å². The maximum absolute atomic E-state index is 11.8. The standard InChI is InChI=1S/C10H13N3O2S/c1-8-2-3-9(7-12)6-10(8)16(14,15)13-5-4-11/h2-3,6,13H,4-5,11H2,1H3. The van der Waals surface area contributed by atoms with Crippen molar-refractivity contribution in [2.75, 3.05) is 13.1 Å². The molecule has 0 saturated heterocycles. The Bertz CT molecular complexity index is 517. The van der Waals surface area contributed by atoms with E-state index in [1.165, 1.54) is 6.07 Å². The van der Waals surface area contributed by atoms with Gasteiger partial charge in [-0.2, -0.15) is 5.26 Å². The zero-order valence-corrected chi connectivity index (χ0v) is 9.71. The Kier molecular flexibility index (Phi) is 4.01. The average molecular weight is 239 g/mol. The Morgan fingerprint density at radius 1 is 1.50 bits per heavy atom. The molecule has 0 heterocycles. The van der Waals surface area contributed by atoms with Crippen molar-refractivity contribution in [3.8, 4) is 6.07 Å². The molecule has 0 spiro atoms. The second-order valence-electron chi connectivity index (χ2n) is 3.28. The van der Waals surface area contributed by atoms with Crippen molar-refractivity contribution < 1.29 is 8.42 Å². The minimum atomic E-state index is -3.57. The Morgan fingerprint density at radius 2 is 2.19 bits per heavy atom. The summed E-state index contributed by atoms with van der Waals surface area (Å²) in [6, 6.07) is 6.45. The van der Waals surface area contributed by atoms with E-state index in [1.54, 1.807) is 19.1 Å². The van der Waals surface area contributed by atoms with E-state index in [-0.39, 0.29) is 18.0 Å². The van der Waals surface area contributed by atoms with Crippen LogP contribution >= 0.6 is 0 Å². The largest absolute Gasteiger partial charge is 0.329 e. The third-order valence-electron chi connectivity index (χ3n) is 2.04. The fourth-order valence-electron chi connectivity index (χ4n) is 1.23. The van der Waals surface area contributed by atoms with Gasteiger partial charge in [-0.3, -0.25) is 0 Å². The van der Waals surface area contributed by atoms with Crippen LogP contribution in [0.2, 0.25) is 0 Å². The lowest BCUT2D eigenvalue weighted by molar-refractivity contribution is 0.581. The molecule has 1 aromatic carbocycles. The first-order valence-corrected chi connectivity index (χ1v) is 6.20. The molecule has 0 atom stereocenters. The first kappa shape index (κ1) is 12.6. The zero-order valence-electron chi connectivity index (χ0n) is 8.90. The highest BCUT2D eigenvalue weighted by atomic mass is 32.2. The molecule has 0 aromatic heterocycles. The van der Waals surface area contributed by atoms with Crippen LogP contribution in [-0.2, 0) is 10.0 Å². The van der Waals surface area contributed by atoms with Gasteiger partial charge in [-0.15, -0.1) is 0 Å². The van der Waals surface area contributed by atoms with Crippen molar-refractivity contribution in [2.24, 2.45) is 5.73 Å². The minimum absolute atomic E-state index is 0.125. The van der Waals surface area contributed by atoms with E-state index in [0.29, 0.717) is 11.1 Å². The Hall–Kier alpha value is -1.42. The second kappa shape index (κ2) is 5.07. The van der Waals surface area contributed by atoms with Crippen LogP contribution in [0.1, 0.15) is 11.1 Å². The molecular weight excluding hydrogens is 226 g/mol. The summed E-state index contributed by atoms with van der Waals surface area (Å²) < 4.78 is 26.0. The van der Waals surface area contributed by atoms with Gasteiger partial charge in [0, 0.05) is 13.1 Å². The molecule has 0 aliphatic heterocycles. The maximum atomic E-state index is 11.8. The monoisotopic (exact) mass is 239 g/mol. The van der Waals surface area contributed by atoms with Gasteiger partial charge in [-0.25, -0.2) is 13.1 Å². The molecule has 0 bridgehead atoms. The second-order valence-corrected chi connectivity index (χ2v) is 5.01. The Morgan fingerprint density at radius 3 is 2.75 bits per heavy atom. The molecule has 3 N–H and O–H groups in total. The van der Waals surface area contributed by atoms with Gasteiger partial charge in [0.2, 0.25) is 10.0 Å². The van der Waals surface area contributed by atoms with Crippen LogP contribution in [0.25, 0.3) is 0 Å². The van der Waals surface area contributed by atoms with Gasteiger partial charge in [-0.05, 0) is 24.6 Å². The molecule has 6 heteroatoms. The van der Waals surface area contributed by atoms with Gasteiger partial charge in [0.25, 0.3) is 0 Å². The molecule has 86 valence electrons. The summed E-state index contributed by atoms with van der Waals surface area (Å²) in [5.74, 6) is 0. The van der Waals surface area contributed by atoms with Gasteiger partial charge in [0.15, 0.2) is 0 Å². The molecule has 0 aliphatic carbocycles. The lowest BCUT2D eigenvalue weighted by atomic mass is 10.2. The van der Waals surface area contributed by atoms with Crippen LogP contribution in [-0.4, -0.2) is 21.5 Å². The minimum Gasteiger partial charge on any atom is -0.329 e. The molecule has 16 heavy (non-hydrogen) atoms. The quantitative estimate of drug-likeness (QED) is 0.779. The molecule has 1 aromatic rings. The summed E-state index contributed by atoms with van der Waals surface area (Å²) in [6.07, 6.45) is 0. The highest BCUT2D eigenvalue weighted by Crippen LogP contribution is 2.16. The van der Waals surface area contributed by atoms with Crippen LogP contribution < -0.4 is 10.5 Å². The molecule has 5 nitrogen and oxygen atoms in total. The van der Waals surface area contributed by atoms with E-state index < -0.39 is 10.0 Å². The van der Waals surface area contributed by atoms with Crippen LogP contribution in [0.3, 0.4) is 0 Å². The third kappa shape index (κ3) is 2.79. The number of aryl methyl sites for hydroxylation is 1. The van der Waals surface area contributed by atoms with Crippen LogP contribution in [0, 0.1) is 18.3 Å². The molecule has 0 unspecified atom stereocenters. The predicted molar refractivity (Wildman–Crippen MR) is 60.1 cm³/mol. The van der Waals surface area contributed by atoms with Crippen molar-refractivity contribution in [3.05, 3.63) is 29.3 Å². The van der Waals surface area contributed by atoms with Crippen LogP contribution in [0.4, 0.5) is 0 Å². The lowest BCUT2D eigenvalue weighted by Gasteiger charge is -2.08. The van der Waals surface area contributed by atoms with Crippen molar-refractivity contribution in [1.29, 1.82) is 5.26 Å². The highest BCUT2D eigenvalue weighted by Gasteiger charge is 2.16. The summed E-state index contributed by atoms with van der Waals surface area (Å²) in [5, 5.41) is 8.71. The number of benzene rings is 1. The molecule has 1 rings (SSSR count). The van der Waals surface area contributed by atoms with Crippen molar-refractivity contribution in [3.63, 3.8) is 0 Å². The molecule has 0 fully saturated rings. The molecule has 0 amide bonds. The summed E-state index contributed by atoms with van der Waals surface area (Å²) in [6.45, 7) is 2.09. The summed E-state index contributed by atoms with van der Waals surface area (Å²) in [4.78, 5) is 0.125. The van der Waals surface area contributed by atoms with Crippen molar-refractivity contribution >= 4 is 10.0 Å². The first-order valence-electron chi connectivity index (χ1n) is 4.72. The van der Waals surface area contributed by atoms with Gasteiger partial charge < -0.3 is 5.73 Å². The van der Waals surface area contributed by atoms with E-state index in [2.05, 4.69) is 4.72 Å². The summed E-state index contributed by atoms with van der Waals surface area (Å²) in [7, 11) is -3.57. The maximum Gasteiger partial charge on any atom is 0.240 e. The SMILES string of the molecule is Cc1ccc(C#N)cc1S(=O)(=O)NCCN. The van der Waals surface area contributed by atoms with Gasteiger partial charge in [0.1, 0.15) is 0 Å². The van der Waals surface area contributed by atoms with E-state index >= 15 is 0 Å². The Labute approximate surface area is 94.9 Å².